The summed E-state index contributed by atoms with van der Waals surface area (Å²) in [6, 6.07) is 8.21. The van der Waals surface area contributed by atoms with E-state index in [9.17, 15) is 4.79 Å². The average Bonchev–Trinajstić information content (AvgIpc) is 3.34. The van der Waals surface area contributed by atoms with Gasteiger partial charge < -0.3 is 14.2 Å². The van der Waals surface area contributed by atoms with Crippen LogP contribution < -0.4 is 10.5 Å². The van der Waals surface area contributed by atoms with Gasteiger partial charge in [0.1, 0.15) is 11.3 Å². The molecule has 0 amide bonds. The van der Waals surface area contributed by atoms with Gasteiger partial charge in [-0.15, -0.1) is 0 Å². The third-order valence-corrected chi connectivity index (χ3v) is 6.05. The molecule has 154 valence electrons. The molecule has 0 N–H and O–H groups in total. The molecule has 4 aromatic heterocycles. The molecule has 1 atom stereocenters. The van der Waals surface area contributed by atoms with Gasteiger partial charge in [-0.3, -0.25) is 9.20 Å². The highest BCUT2D eigenvalue weighted by molar-refractivity contribution is 5.66. The van der Waals surface area contributed by atoms with Crippen molar-refractivity contribution in [1.29, 1.82) is 0 Å². The molecule has 0 spiro atoms. The molecule has 1 aliphatic heterocycles. The molecule has 1 fully saturated rings. The minimum atomic E-state index is -0.0697. The van der Waals surface area contributed by atoms with Crippen molar-refractivity contribution in [3.05, 3.63) is 64.5 Å². The molecule has 0 aliphatic carbocycles. The first-order valence-corrected chi connectivity index (χ1v) is 10.3. The predicted octanol–water partition coefficient (Wildman–Crippen LogP) is 2.77. The van der Waals surface area contributed by atoms with Gasteiger partial charge in [0.25, 0.3) is 5.56 Å². The Morgan fingerprint density at radius 2 is 1.90 bits per heavy atom. The Labute approximate surface area is 175 Å². The zero-order valence-corrected chi connectivity index (χ0v) is 17.8. The van der Waals surface area contributed by atoms with Gasteiger partial charge in [0.05, 0.1) is 17.1 Å². The van der Waals surface area contributed by atoms with Gasteiger partial charge in [-0.1, -0.05) is 0 Å². The molecule has 5 rings (SSSR count). The van der Waals surface area contributed by atoms with Gasteiger partial charge >= 0.3 is 0 Å². The van der Waals surface area contributed by atoms with E-state index in [1.165, 1.54) is 0 Å². The minimum Gasteiger partial charge on any atom is -0.369 e. The fraction of sp³-hybridized carbons (Fsp3) is 0.348. The van der Waals surface area contributed by atoms with Gasteiger partial charge in [0, 0.05) is 49.4 Å². The number of imidazole rings is 1. The number of hydrogen-bond donors (Lipinski definition) is 0. The number of fused-ring (bicyclic) bond motifs is 2. The van der Waals surface area contributed by atoms with Crippen LogP contribution in [0.1, 0.15) is 17.7 Å². The van der Waals surface area contributed by atoms with Crippen LogP contribution >= 0.6 is 0 Å². The second-order valence-corrected chi connectivity index (χ2v) is 8.47. The van der Waals surface area contributed by atoms with Crippen LogP contribution in [0.15, 0.2) is 47.7 Å². The fourth-order valence-corrected chi connectivity index (χ4v) is 4.36. The first-order chi connectivity index (χ1) is 14.4. The molecule has 0 bridgehead atoms. The van der Waals surface area contributed by atoms with Crippen molar-refractivity contribution in [2.45, 2.75) is 26.3 Å². The number of rotatable bonds is 3. The van der Waals surface area contributed by atoms with Crippen LogP contribution in [-0.2, 0) is 0 Å². The predicted molar refractivity (Wildman–Crippen MR) is 119 cm³/mol. The van der Waals surface area contributed by atoms with Crippen molar-refractivity contribution in [3.63, 3.8) is 0 Å². The van der Waals surface area contributed by atoms with E-state index in [4.69, 9.17) is 4.98 Å². The lowest BCUT2D eigenvalue weighted by Gasteiger charge is -2.22. The lowest BCUT2D eigenvalue weighted by molar-refractivity contribution is 0.315. The number of aryl methyl sites for hydroxylation is 2. The second-order valence-electron chi connectivity index (χ2n) is 8.47. The summed E-state index contributed by atoms with van der Waals surface area (Å²) in [6.45, 7) is 5.98. The number of likely N-dealkylation sites (N-methyl/N-ethyl adjacent to an activating group) is 1. The molecule has 30 heavy (non-hydrogen) atoms. The number of anilines is 1. The molecule has 7 heteroatoms. The van der Waals surface area contributed by atoms with Crippen molar-refractivity contribution in [2.75, 3.05) is 32.1 Å². The van der Waals surface area contributed by atoms with E-state index in [1.54, 1.807) is 10.5 Å². The Bertz CT molecular complexity index is 1320. The summed E-state index contributed by atoms with van der Waals surface area (Å²) in [5.74, 6) is 0. The molecule has 1 unspecified atom stereocenters. The van der Waals surface area contributed by atoms with Crippen molar-refractivity contribution in [2.24, 2.45) is 0 Å². The number of pyridine rings is 2. The summed E-state index contributed by atoms with van der Waals surface area (Å²) in [5, 5.41) is 0. The summed E-state index contributed by atoms with van der Waals surface area (Å²) in [5.41, 5.74) is 6.20. The van der Waals surface area contributed by atoms with Crippen molar-refractivity contribution in [3.8, 4) is 11.3 Å². The SMILES string of the molecule is Cc1cn2cc(-c3cc(=O)n4cc(N5CCC(N(C)C)C5)ccc4n3)cc(C)c2n1. The molecule has 5 heterocycles. The molecule has 1 aliphatic rings. The number of hydrogen-bond acceptors (Lipinski definition) is 5. The maximum absolute atomic E-state index is 12.9. The van der Waals surface area contributed by atoms with Gasteiger partial charge in [0.2, 0.25) is 0 Å². The maximum atomic E-state index is 12.9. The number of aromatic nitrogens is 4. The highest BCUT2D eigenvalue weighted by Crippen LogP contribution is 2.24. The van der Waals surface area contributed by atoms with E-state index in [1.807, 2.05) is 49.0 Å². The monoisotopic (exact) mass is 402 g/mol. The topological polar surface area (TPSA) is 58.2 Å². The quantitative estimate of drug-likeness (QED) is 0.527. The first kappa shape index (κ1) is 18.8. The van der Waals surface area contributed by atoms with Gasteiger partial charge in [-0.25, -0.2) is 9.97 Å². The Kier molecular flexibility index (Phi) is 4.36. The van der Waals surface area contributed by atoms with Gasteiger partial charge in [-0.05, 0) is 58.1 Å². The lowest BCUT2D eigenvalue weighted by Crippen LogP contribution is -2.31. The Morgan fingerprint density at radius 3 is 2.67 bits per heavy atom. The second kappa shape index (κ2) is 6.95. The maximum Gasteiger partial charge on any atom is 0.258 e. The summed E-state index contributed by atoms with van der Waals surface area (Å²) in [4.78, 5) is 26.9. The summed E-state index contributed by atoms with van der Waals surface area (Å²) in [7, 11) is 4.24. The molecule has 0 saturated carbocycles. The molecule has 4 aromatic rings. The third-order valence-electron chi connectivity index (χ3n) is 6.05. The minimum absolute atomic E-state index is 0.0697. The molecule has 7 nitrogen and oxygen atoms in total. The van der Waals surface area contributed by atoms with Crippen molar-refractivity contribution >= 4 is 17.0 Å². The number of nitrogens with zero attached hydrogens (tertiary/aromatic N) is 6. The normalized spacial score (nSPS) is 17.0. The van der Waals surface area contributed by atoms with Gasteiger partial charge in [0.15, 0.2) is 0 Å². The van der Waals surface area contributed by atoms with E-state index >= 15 is 0 Å². The summed E-state index contributed by atoms with van der Waals surface area (Å²) < 4.78 is 3.65. The first-order valence-electron chi connectivity index (χ1n) is 10.3. The van der Waals surface area contributed by atoms with Crippen LogP contribution in [-0.4, -0.2) is 56.9 Å². The summed E-state index contributed by atoms with van der Waals surface area (Å²) in [6.07, 6.45) is 7.02. The molecule has 0 radical (unpaired) electrons. The van der Waals surface area contributed by atoms with Crippen LogP contribution in [0, 0.1) is 13.8 Å². The van der Waals surface area contributed by atoms with Crippen LogP contribution in [0.2, 0.25) is 0 Å². The van der Waals surface area contributed by atoms with E-state index in [-0.39, 0.29) is 5.56 Å². The largest absolute Gasteiger partial charge is 0.369 e. The Morgan fingerprint density at radius 1 is 1.07 bits per heavy atom. The van der Waals surface area contributed by atoms with Crippen molar-refractivity contribution < 1.29 is 0 Å². The fourth-order valence-electron chi connectivity index (χ4n) is 4.36. The standard InChI is InChI=1S/C23H26N6O/c1-15-9-17(12-28-11-16(2)24-23(15)28)20-10-22(30)29-14-19(5-6-21(29)25-20)27-8-7-18(13-27)26(3)4/h5-6,9-12,14,18H,7-8,13H2,1-4H3. The highest BCUT2D eigenvalue weighted by Gasteiger charge is 2.24. The highest BCUT2D eigenvalue weighted by atomic mass is 16.1. The Hall–Kier alpha value is -3.19. The lowest BCUT2D eigenvalue weighted by atomic mass is 10.1. The van der Waals surface area contributed by atoms with Crippen LogP contribution in [0.25, 0.3) is 22.6 Å². The van der Waals surface area contributed by atoms with Crippen LogP contribution in [0.5, 0.6) is 0 Å². The van der Waals surface area contributed by atoms with E-state index in [2.05, 4.69) is 34.9 Å². The molecular weight excluding hydrogens is 376 g/mol. The molecular formula is C23H26N6O. The van der Waals surface area contributed by atoms with Crippen LogP contribution in [0.4, 0.5) is 5.69 Å². The third kappa shape index (κ3) is 3.15. The zero-order chi connectivity index (χ0) is 21.0. The average molecular weight is 403 g/mol. The smallest absolute Gasteiger partial charge is 0.258 e. The molecule has 1 saturated heterocycles. The van der Waals surface area contributed by atoms with Crippen molar-refractivity contribution in [1.82, 2.24) is 23.7 Å². The van der Waals surface area contributed by atoms with Gasteiger partial charge in [-0.2, -0.15) is 0 Å². The Balaban J connectivity index is 1.54. The van der Waals surface area contributed by atoms with Crippen LogP contribution in [0.3, 0.4) is 0 Å². The van der Waals surface area contributed by atoms with E-state index in [0.29, 0.717) is 17.4 Å². The molecule has 0 aromatic carbocycles. The van der Waals surface area contributed by atoms with E-state index in [0.717, 1.165) is 47.7 Å². The zero-order valence-electron chi connectivity index (χ0n) is 17.8. The van der Waals surface area contributed by atoms with E-state index < -0.39 is 0 Å². The summed E-state index contributed by atoms with van der Waals surface area (Å²) >= 11 is 0.